The summed E-state index contributed by atoms with van der Waals surface area (Å²) in [4.78, 5) is 18.4. The van der Waals surface area contributed by atoms with E-state index in [0.717, 1.165) is 67.9 Å². The molecule has 3 fully saturated rings. The number of carboxylic acid groups (broad SMARTS) is 1. The first-order valence-corrected chi connectivity index (χ1v) is 17.6. The number of carboxylic acids is 1. The van der Waals surface area contributed by atoms with Crippen LogP contribution in [0.25, 0.3) is 0 Å². The van der Waals surface area contributed by atoms with E-state index in [-0.39, 0.29) is 5.41 Å². The molecule has 46 heavy (non-hydrogen) atoms. The molecule has 1 aromatic carbocycles. The number of benzene rings is 1. The van der Waals surface area contributed by atoms with Crippen molar-refractivity contribution in [3.63, 3.8) is 0 Å². The van der Waals surface area contributed by atoms with Crippen LogP contribution in [0.4, 0.5) is 4.39 Å². The van der Waals surface area contributed by atoms with Gasteiger partial charge in [-0.25, -0.2) is 4.39 Å². The molecule has 0 radical (unpaired) electrons. The van der Waals surface area contributed by atoms with Gasteiger partial charge in [0.2, 0.25) is 0 Å². The predicted octanol–water partition coefficient (Wildman–Crippen LogP) is 9.72. The van der Waals surface area contributed by atoms with E-state index >= 15 is 0 Å². The van der Waals surface area contributed by atoms with Crippen LogP contribution in [-0.2, 0) is 16.7 Å². The predicted molar refractivity (Wildman–Crippen MR) is 201 cm³/mol. The van der Waals surface area contributed by atoms with Crippen LogP contribution in [0.2, 0.25) is 0 Å². The van der Waals surface area contributed by atoms with E-state index in [1.54, 1.807) is 12.1 Å². The second-order valence-electron chi connectivity index (χ2n) is 11.7. The summed E-state index contributed by atoms with van der Waals surface area (Å²) < 4.78 is 14.1. The number of likely N-dealkylation sites (N-methyl/N-ethyl adjacent to an activating group) is 1. The lowest BCUT2D eigenvalue weighted by molar-refractivity contribution is -0.158. The second-order valence-corrected chi connectivity index (χ2v) is 12.7. The molecular weight excluding hydrogens is 594 g/mol. The lowest BCUT2D eigenvalue weighted by Crippen LogP contribution is -2.49. The number of nitrogens with zero attached hydrogens (tertiary/aromatic N) is 2. The Morgan fingerprint density at radius 3 is 1.93 bits per heavy atom. The number of alkyl halides is 1. The molecule has 0 aliphatic heterocycles. The Balaban J connectivity index is 0.00000318. The molecule has 2 unspecified atom stereocenters. The molecular formula is C38H64FN4O2P. The van der Waals surface area contributed by atoms with Crippen molar-refractivity contribution < 1.29 is 14.3 Å². The minimum atomic E-state index is -1.45. The van der Waals surface area contributed by atoms with E-state index in [2.05, 4.69) is 44.6 Å². The minimum Gasteiger partial charge on any atom is -0.481 e. The Hall–Kier alpha value is -2.92. The molecule has 260 valence electrons. The number of aliphatic imine (C=N–C) groups is 1. The zero-order chi connectivity index (χ0) is 35.7. The molecule has 8 heteroatoms. The number of halogens is 1. The summed E-state index contributed by atoms with van der Waals surface area (Å²) in [6, 6.07) is 7.39. The summed E-state index contributed by atoms with van der Waals surface area (Å²) in [5.74, 6) is 0.222. The molecule has 0 heterocycles. The van der Waals surface area contributed by atoms with Gasteiger partial charge in [0, 0.05) is 32.4 Å². The summed E-state index contributed by atoms with van der Waals surface area (Å²) in [6.07, 6.45) is 6.95. The van der Waals surface area contributed by atoms with Gasteiger partial charge >= 0.3 is 5.97 Å². The third-order valence-corrected chi connectivity index (χ3v) is 9.13. The Kier molecular flexibility index (Phi) is 19.1. The lowest BCUT2D eigenvalue weighted by Gasteiger charge is -2.51. The van der Waals surface area contributed by atoms with Crippen molar-refractivity contribution in [3.05, 3.63) is 83.9 Å². The minimum absolute atomic E-state index is 0.101. The molecule has 3 N–H and O–H groups in total. The van der Waals surface area contributed by atoms with E-state index in [1.165, 1.54) is 6.92 Å². The second kappa shape index (κ2) is 20.3. The molecule has 0 saturated heterocycles. The van der Waals surface area contributed by atoms with Crippen LogP contribution in [-0.4, -0.2) is 41.9 Å². The molecule has 3 aliphatic rings. The average molecular weight is 659 g/mol. The van der Waals surface area contributed by atoms with Gasteiger partial charge in [-0.3, -0.25) is 9.79 Å². The highest BCUT2D eigenvalue weighted by atomic mass is 31.0. The summed E-state index contributed by atoms with van der Waals surface area (Å²) in [5, 5.41) is 15.2. The van der Waals surface area contributed by atoms with Crippen LogP contribution in [0.3, 0.4) is 0 Å². The van der Waals surface area contributed by atoms with Crippen LogP contribution < -0.4 is 10.6 Å². The van der Waals surface area contributed by atoms with Crippen molar-refractivity contribution in [1.29, 1.82) is 0 Å². The fraction of sp³-hybridized carbons (Fsp3) is 0.579. The smallest absolute Gasteiger partial charge is 0.309 e. The molecule has 6 nitrogen and oxygen atoms in total. The monoisotopic (exact) mass is 658 g/mol. The molecule has 0 amide bonds. The van der Waals surface area contributed by atoms with Crippen LogP contribution in [0.1, 0.15) is 112 Å². The first-order chi connectivity index (χ1) is 21.7. The zero-order valence-corrected chi connectivity index (χ0v) is 31.7. The summed E-state index contributed by atoms with van der Waals surface area (Å²) in [6.45, 7) is 32.2. The number of hydrogen-bond acceptors (Lipinski definition) is 4. The van der Waals surface area contributed by atoms with E-state index in [9.17, 15) is 14.3 Å². The first kappa shape index (κ1) is 43.1. The van der Waals surface area contributed by atoms with Crippen molar-refractivity contribution >= 4 is 21.0 Å². The van der Waals surface area contributed by atoms with Gasteiger partial charge in [-0.15, -0.1) is 0 Å². The van der Waals surface area contributed by atoms with Gasteiger partial charge in [-0.05, 0) is 87.5 Å². The number of amidine groups is 1. The van der Waals surface area contributed by atoms with Crippen molar-refractivity contribution in [2.24, 2.45) is 15.8 Å². The Morgan fingerprint density at radius 1 is 1.00 bits per heavy atom. The van der Waals surface area contributed by atoms with Crippen LogP contribution >= 0.6 is 9.24 Å². The lowest BCUT2D eigenvalue weighted by atomic mass is 9.53. The third-order valence-electron chi connectivity index (χ3n) is 8.80. The van der Waals surface area contributed by atoms with Gasteiger partial charge < -0.3 is 20.6 Å². The Bertz CT molecular complexity index is 1170. The molecule has 2 bridgehead atoms. The largest absolute Gasteiger partial charge is 0.481 e. The van der Waals surface area contributed by atoms with Gasteiger partial charge in [-0.2, -0.15) is 0 Å². The number of hydrogen-bond donors (Lipinski definition) is 3. The molecule has 3 saturated carbocycles. The van der Waals surface area contributed by atoms with Gasteiger partial charge in [-0.1, -0.05) is 94.8 Å². The fourth-order valence-electron chi connectivity index (χ4n) is 5.65. The highest BCUT2D eigenvalue weighted by Crippen LogP contribution is 2.56. The van der Waals surface area contributed by atoms with Crippen molar-refractivity contribution in [2.75, 3.05) is 20.1 Å². The van der Waals surface area contributed by atoms with Gasteiger partial charge in [0.15, 0.2) is 0 Å². The molecule has 0 spiro atoms. The molecule has 2 atom stereocenters. The number of rotatable bonds is 13. The standard InChI is InChI=1S/C32H46FN4O2P.3C2H6/c1-8-34-25(5)37(7)28(24(4)36-21-31-13-16-32(17-14-31,18-15-31)29(38)39)19-22(2)23(3)35-20-26-9-11-27(12-10-26)30(6,33)40;3*1-2/h9-12,19,35-36H,2-4,8,13-18,20-21,40H2,1,5-7H3,(H,38,39);3*1-2H3/b28-19-,34-25?;;;. The van der Waals surface area contributed by atoms with Crippen LogP contribution in [0.5, 0.6) is 0 Å². The number of allylic oxidation sites excluding steroid dienone is 1. The Morgan fingerprint density at radius 2 is 1.50 bits per heavy atom. The highest BCUT2D eigenvalue weighted by Gasteiger charge is 2.52. The number of aliphatic carboxylic acids is 1. The maximum atomic E-state index is 14.1. The fourth-order valence-corrected chi connectivity index (χ4v) is 5.84. The number of fused-ring (bicyclic) bond motifs is 3. The zero-order valence-electron chi connectivity index (χ0n) is 30.6. The highest BCUT2D eigenvalue weighted by molar-refractivity contribution is 7.18. The number of carbonyl (C=O) groups is 1. The third kappa shape index (κ3) is 12.0. The molecule has 4 rings (SSSR count). The maximum Gasteiger partial charge on any atom is 0.309 e. The van der Waals surface area contributed by atoms with Crippen LogP contribution in [0, 0.1) is 10.8 Å². The van der Waals surface area contributed by atoms with Crippen molar-refractivity contribution in [2.45, 2.75) is 113 Å². The van der Waals surface area contributed by atoms with E-state index in [0.29, 0.717) is 29.9 Å². The average Bonchev–Trinajstić information content (AvgIpc) is 3.08. The first-order valence-electron chi connectivity index (χ1n) is 17.0. The maximum absolute atomic E-state index is 14.1. The van der Waals surface area contributed by atoms with E-state index < -0.39 is 16.8 Å². The number of nitrogens with one attached hydrogen (secondary N) is 2. The van der Waals surface area contributed by atoms with E-state index in [4.69, 9.17) is 0 Å². The van der Waals surface area contributed by atoms with Crippen molar-refractivity contribution in [3.8, 4) is 0 Å². The van der Waals surface area contributed by atoms with Gasteiger partial charge in [0.05, 0.1) is 22.6 Å². The quantitative estimate of drug-likeness (QED) is 0.0852. The Labute approximate surface area is 283 Å². The van der Waals surface area contributed by atoms with E-state index in [1.807, 2.05) is 85.5 Å². The summed E-state index contributed by atoms with van der Waals surface area (Å²) in [5.41, 5.74) is 4.20. The SMILES string of the molecule is C=C(/C=C(/C(=C)NCC12CCC(C(=O)O)(CC1)CC2)N(C)C(C)=NCC)C(=C)NCc1ccc(C(C)(F)P)cc1.CC.CC.CC. The topological polar surface area (TPSA) is 77.0 Å². The summed E-state index contributed by atoms with van der Waals surface area (Å²) in [7, 11) is 4.18. The normalized spacial score (nSPS) is 21.4. The summed E-state index contributed by atoms with van der Waals surface area (Å²) >= 11 is 0. The van der Waals surface area contributed by atoms with Crippen LogP contribution in [0.15, 0.2) is 77.7 Å². The molecule has 3 aliphatic carbocycles. The van der Waals surface area contributed by atoms with Gasteiger partial charge in [0.1, 0.15) is 5.41 Å². The molecule has 1 aromatic rings. The molecule has 0 aromatic heterocycles. The van der Waals surface area contributed by atoms with Gasteiger partial charge in [0.25, 0.3) is 0 Å². The van der Waals surface area contributed by atoms with Crippen molar-refractivity contribution in [1.82, 2.24) is 15.5 Å².